The van der Waals surface area contributed by atoms with Crippen LogP contribution in [-0.4, -0.2) is 24.7 Å². The van der Waals surface area contributed by atoms with Crippen LogP contribution in [-0.2, 0) is 16.6 Å². The zero-order valence-corrected chi connectivity index (χ0v) is 15.2. The molecular formula is C10H8BrClN2O4S3. The van der Waals surface area contributed by atoms with Gasteiger partial charge in [0.05, 0.1) is 8.71 Å². The van der Waals surface area contributed by atoms with E-state index in [-0.39, 0.29) is 15.1 Å². The third-order valence-corrected chi connectivity index (χ3v) is 7.68. The molecule has 0 atom stereocenters. The number of thiophene rings is 2. The van der Waals surface area contributed by atoms with Crippen molar-refractivity contribution in [2.75, 3.05) is 7.05 Å². The van der Waals surface area contributed by atoms with E-state index < -0.39 is 20.6 Å². The number of nitro groups is 1. The molecule has 21 heavy (non-hydrogen) atoms. The summed E-state index contributed by atoms with van der Waals surface area (Å²) in [6, 6.07) is 2.81. The van der Waals surface area contributed by atoms with Gasteiger partial charge in [0.25, 0.3) is 15.7 Å². The first-order chi connectivity index (χ1) is 9.71. The molecule has 0 aromatic carbocycles. The molecule has 0 saturated carbocycles. The quantitative estimate of drug-likeness (QED) is 0.530. The van der Waals surface area contributed by atoms with Crippen LogP contribution in [0.4, 0.5) is 5.69 Å². The Balaban J connectivity index is 2.28. The molecule has 0 aliphatic rings. The first-order valence-electron chi connectivity index (χ1n) is 5.35. The molecule has 0 saturated heterocycles. The van der Waals surface area contributed by atoms with E-state index in [1.807, 2.05) is 11.4 Å². The van der Waals surface area contributed by atoms with Gasteiger partial charge in [-0.25, -0.2) is 8.42 Å². The molecule has 114 valence electrons. The molecule has 2 aromatic heterocycles. The topological polar surface area (TPSA) is 80.5 Å². The lowest BCUT2D eigenvalue weighted by Crippen LogP contribution is -2.25. The number of hydrogen-bond donors (Lipinski definition) is 0. The van der Waals surface area contributed by atoms with E-state index >= 15 is 0 Å². The Kier molecular flexibility index (Phi) is 5.06. The second kappa shape index (κ2) is 6.31. The Bertz CT molecular complexity index is 786. The molecule has 0 bridgehead atoms. The Hall–Kier alpha value is -0.520. The average Bonchev–Trinajstić information content (AvgIpc) is 2.95. The van der Waals surface area contributed by atoms with Crippen molar-refractivity contribution in [2.24, 2.45) is 0 Å². The van der Waals surface area contributed by atoms with Gasteiger partial charge in [0, 0.05) is 19.7 Å². The number of rotatable bonds is 5. The van der Waals surface area contributed by atoms with Gasteiger partial charge in [-0.15, -0.1) is 22.7 Å². The van der Waals surface area contributed by atoms with E-state index in [0.717, 1.165) is 19.7 Å². The molecule has 2 aromatic rings. The van der Waals surface area contributed by atoms with Crippen molar-refractivity contribution in [3.05, 3.63) is 41.3 Å². The second-order valence-corrected chi connectivity index (χ2v) is 10.2. The molecule has 0 amide bonds. The third-order valence-electron chi connectivity index (χ3n) is 2.53. The largest absolute Gasteiger partial charge is 0.300 e. The Morgan fingerprint density at radius 3 is 2.62 bits per heavy atom. The van der Waals surface area contributed by atoms with Crippen molar-refractivity contribution in [2.45, 2.75) is 10.8 Å². The molecular weight excluding hydrogens is 424 g/mol. The maximum atomic E-state index is 12.4. The van der Waals surface area contributed by atoms with Crippen molar-refractivity contribution in [1.29, 1.82) is 0 Å². The fourth-order valence-corrected chi connectivity index (χ4v) is 5.75. The molecule has 0 unspecified atom stereocenters. The van der Waals surface area contributed by atoms with Crippen LogP contribution in [0.2, 0.25) is 4.34 Å². The molecule has 0 aliphatic heterocycles. The Morgan fingerprint density at radius 1 is 1.48 bits per heavy atom. The van der Waals surface area contributed by atoms with Crippen molar-refractivity contribution in [3.63, 3.8) is 0 Å². The molecule has 0 radical (unpaired) electrons. The van der Waals surface area contributed by atoms with Crippen LogP contribution in [0.5, 0.6) is 0 Å². The first-order valence-corrected chi connectivity index (χ1v) is 9.65. The first kappa shape index (κ1) is 16.8. The summed E-state index contributed by atoms with van der Waals surface area (Å²) in [6.07, 6.45) is 0. The van der Waals surface area contributed by atoms with Crippen LogP contribution in [0.25, 0.3) is 0 Å². The lowest BCUT2D eigenvalue weighted by atomic mass is 10.3. The fraction of sp³-hybridized carbons (Fsp3) is 0.200. The van der Waals surface area contributed by atoms with E-state index in [2.05, 4.69) is 15.9 Å². The van der Waals surface area contributed by atoms with Crippen LogP contribution in [0.1, 0.15) is 5.56 Å². The van der Waals surface area contributed by atoms with Gasteiger partial charge in [-0.05, 0) is 32.9 Å². The average molecular weight is 432 g/mol. The highest BCUT2D eigenvalue weighted by Crippen LogP contribution is 2.37. The third kappa shape index (κ3) is 3.63. The summed E-state index contributed by atoms with van der Waals surface area (Å²) in [4.78, 5) is 10.0. The van der Waals surface area contributed by atoms with Crippen LogP contribution < -0.4 is 0 Å². The summed E-state index contributed by atoms with van der Waals surface area (Å²) in [6.45, 7) is 0.174. The van der Waals surface area contributed by atoms with Crippen molar-refractivity contribution < 1.29 is 13.3 Å². The zero-order chi connectivity index (χ0) is 15.8. The number of halogens is 2. The minimum absolute atomic E-state index is 0.143. The monoisotopic (exact) mass is 430 g/mol. The lowest BCUT2D eigenvalue weighted by molar-refractivity contribution is -0.384. The van der Waals surface area contributed by atoms with Crippen LogP contribution in [0.15, 0.2) is 25.5 Å². The second-order valence-electron chi connectivity index (χ2n) is 4.00. The molecule has 0 spiro atoms. The standard InChI is InChI=1S/C10H8BrClN2O4S3/c1-13(4-6-2-8(11)19-5-6)21(17,18)9-3-7(14(15)16)10(12)20-9/h2-3,5H,4H2,1H3. The lowest BCUT2D eigenvalue weighted by Gasteiger charge is -2.14. The summed E-state index contributed by atoms with van der Waals surface area (Å²) in [5, 5.41) is 12.6. The molecule has 0 N–H and O–H groups in total. The van der Waals surface area contributed by atoms with E-state index in [1.54, 1.807) is 0 Å². The molecule has 0 aliphatic carbocycles. The van der Waals surface area contributed by atoms with Crippen molar-refractivity contribution in [3.8, 4) is 0 Å². The minimum atomic E-state index is -3.81. The maximum absolute atomic E-state index is 12.4. The number of nitrogens with zero attached hydrogens (tertiary/aromatic N) is 2. The van der Waals surface area contributed by atoms with Crippen LogP contribution >= 0.6 is 50.2 Å². The highest BCUT2D eigenvalue weighted by molar-refractivity contribution is 9.11. The summed E-state index contributed by atoms with van der Waals surface area (Å²) in [5.74, 6) is 0. The minimum Gasteiger partial charge on any atom is -0.258 e. The predicted molar refractivity (Wildman–Crippen MR) is 86.7 cm³/mol. The molecule has 11 heteroatoms. The van der Waals surface area contributed by atoms with Gasteiger partial charge in [0.15, 0.2) is 4.34 Å². The predicted octanol–water partition coefficient (Wildman–Crippen LogP) is 3.95. The fourth-order valence-electron chi connectivity index (χ4n) is 1.51. The molecule has 0 fully saturated rings. The van der Waals surface area contributed by atoms with Crippen molar-refractivity contribution in [1.82, 2.24) is 4.31 Å². The van der Waals surface area contributed by atoms with Gasteiger partial charge in [-0.1, -0.05) is 11.6 Å². The van der Waals surface area contributed by atoms with E-state index in [0.29, 0.717) is 11.3 Å². The SMILES string of the molecule is CN(Cc1csc(Br)c1)S(=O)(=O)c1cc([N+](=O)[O-])c(Cl)s1. The summed E-state index contributed by atoms with van der Waals surface area (Å²) in [5.41, 5.74) is 0.432. The molecule has 2 rings (SSSR count). The number of hydrogen-bond acceptors (Lipinski definition) is 6. The van der Waals surface area contributed by atoms with Crippen LogP contribution in [0, 0.1) is 10.1 Å². The molecule has 2 heterocycles. The van der Waals surface area contributed by atoms with Gasteiger partial charge in [-0.3, -0.25) is 10.1 Å². The van der Waals surface area contributed by atoms with E-state index in [1.165, 1.54) is 18.4 Å². The van der Waals surface area contributed by atoms with Gasteiger partial charge < -0.3 is 0 Å². The highest BCUT2D eigenvalue weighted by atomic mass is 79.9. The van der Waals surface area contributed by atoms with Gasteiger partial charge >= 0.3 is 0 Å². The Morgan fingerprint density at radius 2 is 2.14 bits per heavy atom. The van der Waals surface area contributed by atoms with Crippen LogP contribution in [0.3, 0.4) is 0 Å². The van der Waals surface area contributed by atoms with E-state index in [4.69, 9.17) is 11.6 Å². The van der Waals surface area contributed by atoms with Gasteiger partial charge in [0.1, 0.15) is 4.21 Å². The van der Waals surface area contributed by atoms with Gasteiger partial charge in [0.2, 0.25) is 0 Å². The number of sulfonamides is 1. The Labute approximate surface area is 142 Å². The van der Waals surface area contributed by atoms with Gasteiger partial charge in [-0.2, -0.15) is 4.31 Å². The summed E-state index contributed by atoms with van der Waals surface area (Å²) in [7, 11) is -2.39. The van der Waals surface area contributed by atoms with Crippen molar-refractivity contribution >= 4 is 65.9 Å². The smallest absolute Gasteiger partial charge is 0.258 e. The molecule has 6 nitrogen and oxygen atoms in total. The van der Waals surface area contributed by atoms with E-state index in [9.17, 15) is 18.5 Å². The maximum Gasteiger partial charge on any atom is 0.300 e. The highest BCUT2D eigenvalue weighted by Gasteiger charge is 2.28. The summed E-state index contributed by atoms with van der Waals surface area (Å²) >= 11 is 11.1. The summed E-state index contributed by atoms with van der Waals surface area (Å²) < 4.78 is 26.5. The normalized spacial score (nSPS) is 12.0. The zero-order valence-electron chi connectivity index (χ0n) is 10.4.